The van der Waals surface area contributed by atoms with E-state index in [1.807, 2.05) is 0 Å². The highest BCUT2D eigenvalue weighted by atomic mass is 32.1. The molecule has 1 fully saturated rings. The van der Waals surface area contributed by atoms with Crippen molar-refractivity contribution in [3.05, 3.63) is 27.5 Å². The zero-order chi connectivity index (χ0) is 25.9. The Balaban J connectivity index is 2.21. The number of hydrogen-bond donors (Lipinski definition) is 0. The van der Waals surface area contributed by atoms with Crippen LogP contribution in [0.1, 0.15) is 57.2 Å². The number of ether oxygens (including phenoxy) is 5. The Bertz CT molecular complexity index is 1140. The molecule has 0 saturated carbocycles. The van der Waals surface area contributed by atoms with Gasteiger partial charge in [0.2, 0.25) is 0 Å². The third-order valence-electron chi connectivity index (χ3n) is 5.63. The van der Waals surface area contributed by atoms with Crippen LogP contribution in [0.4, 0.5) is 0 Å². The van der Waals surface area contributed by atoms with Gasteiger partial charge in [-0.2, -0.15) is 5.26 Å². The van der Waals surface area contributed by atoms with Crippen molar-refractivity contribution in [2.24, 2.45) is 0 Å². The lowest BCUT2D eigenvalue weighted by Crippen LogP contribution is -2.60. The Kier molecular flexibility index (Phi) is 8.24. The van der Waals surface area contributed by atoms with E-state index in [1.54, 1.807) is 10.6 Å². The van der Waals surface area contributed by atoms with Gasteiger partial charge in [0.15, 0.2) is 24.5 Å². The van der Waals surface area contributed by atoms with E-state index >= 15 is 0 Å². The molecule has 35 heavy (non-hydrogen) atoms. The first-order valence-corrected chi connectivity index (χ1v) is 11.4. The number of hydrogen-bond acceptors (Lipinski definition) is 11. The Morgan fingerprint density at radius 2 is 1.60 bits per heavy atom. The Morgan fingerprint density at radius 3 is 2.17 bits per heavy atom. The number of aryl methyl sites for hydroxylation is 1. The van der Waals surface area contributed by atoms with Crippen molar-refractivity contribution in [3.8, 4) is 6.07 Å². The number of carbonyl (C=O) groups is 4. The van der Waals surface area contributed by atoms with Gasteiger partial charge in [-0.15, -0.1) is 0 Å². The summed E-state index contributed by atoms with van der Waals surface area (Å²) in [5.41, 5.74) is 1.91. The lowest BCUT2D eigenvalue weighted by molar-refractivity contribution is -0.269. The second kappa shape index (κ2) is 11.0. The van der Waals surface area contributed by atoms with Crippen LogP contribution in [0.15, 0.2) is 6.07 Å². The van der Waals surface area contributed by atoms with Gasteiger partial charge in [0.1, 0.15) is 23.4 Å². The predicted octanol–water partition coefficient (Wildman–Crippen LogP) is 1.83. The van der Waals surface area contributed by atoms with Crippen LogP contribution < -0.4 is 0 Å². The molecule has 1 saturated heterocycles. The number of aromatic nitrogens is 1. The van der Waals surface area contributed by atoms with Crippen LogP contribution in [-0.4, -0.2) is 59.5 Å². The molecule has 1 aliphatic heterocycles. The first-order chi connectivity index (χ1) is 16.5. The summed E-state index contributed by atoms with van der Waals surface area (Å²) in [6.45, 7) is 4.33. The molecular weight excluding hydrogens is 480 g/mol. The SMILES string of the molecule is CC(=O)OC[C@@H]1O[C@@H](n2c3c(cc(C#N)c2=S)CCC3)[C@@H](OC(C)=O)[C@@H](OC(C)=O)[C@H]1OC(C)=O. The summed E-state index contributed by atoms with van der Waals surface area (Å²) < 4.78 is 29.5. The zero-order valence-electron chi connectivity index (χ0n) is 19.8. The molecule has 0 amide bonds. The van der Waals surface area contributed by atoms with Crippen LogP contribution in [-0.2, 0) is 55.7 Å². The van der Waals surface area contributed by atoms with E-state index in [-0.39, 0.29) is 16.8 Å². The molecular formula is C23H26N2O9S. The second-order valence-corrected chi connectivity index (χ2v) is 8.65. The van der Waals surface area contributed by atoms with E-state index in [4.69, 9.17) is 35.9 Å². The van der Waals surface area contributed by atoms with Crippen LogP contribution in [0.2, 0.25) is 0 Å². The van der Waals surface area contributed by atoms with Crippen molar-refractivity contribution in [2.45, 2.75) is 77.6 Å². The molecule has 5 atom stereocenters. The normalized spacial score (nSPS) is 25.1. The van der Waals surface area contributed by atoms with Crippen molar-refractivity contribution < 1.29 is 42.9 Å². The largest absolute Gasteiger partial charge is 0.463 e. The first-order valence-electron chi connectivity index (χ1n) is 11.0. The average molecular weight is 507 g/mol. The zero-order valence-corrected chi connectivity index (χ0v) is 20.6. The number of carbonyl (C=O) groups excluding carboxylic acids is 4. The quantitative estimate of drug-likeness (QED) is 0.317. The van der Waals surface area contributed by atoms with Gasteiger partial charge in [-0.3, -0.25) is 19.2 Å². The Hall–Kier alpha value is -3.30. The number of nitriles is 1. The fourth-order valence-corrected chi connectivity index (χ4v) is 4.75. The number of nitrogens with zero attached hydrogens (tertiary/aromatic N) is 2. The molecule has 0 N–H and O–H groups in total. The van der Waals surface area contributed by atoms with Gasteiger partial charge in [-0.05, 0) is 30.9 Å². The third-order valence-corrected chi connectivity index (χ3v) is 6.05. The summed E-state index contributed by atoms with van der Waals surface area (Å²) in [6.07, 6.45) is -3.99. The summed E-state index contributed by atoms with van der Waals surface area (Å²) in [5, 5.41) is 9.65. The highest BCUT2D eigenvalue weighted by Crippen LogP contribution is 2.38. The van der Waals surface area contributed by atoms with Crippen LogP contribution in [0.3, 0.4) is 0 Å². The second-order valence-electron chi connectivity index (χ2n) is 8.26. The topological polar surface area (TPSA) is 143 Å². The maximum Gasteiger partial charge on any atom is 0.303 e. The van der Waals surface area contributed by atoms with Crippen LogP contribution in [0.5, 0.6) is 0 Å². The number of esters is 4. The molecule has 0 spiro atoms. The van der Waals surface area contributed by atoms with Crippen LogP contribution in [0, 0.1) is 16.0 Å². The van der Waals surface area contributed by atoms with Gasteiger partial charge in [0.25, 0.3) is 0 Å². The summed E-state index contributed by atoms with van der Waals surface area (Å²) in [4.78, 5) is 47.6. The molecule has 188 valence electrons. The third kappa shape index (κ3) is 5.86. The first kappa shape index (κ1) is 26.3. The van der Waals surface area contributed by atoms with Crippen molar-refractivity contribution in [1.29, 1.82) is 5.26 Å². The molecule has 1 aromatic rings. The lowest BCUT2D eigenvalue weighted by atomic mass is 9.96. The number of pyridine rings is 1. The molecule has 11 nitrogen and oxygen atoms in total. The van der Waals surface area contributed by atoms with Gasteiger partial charge in [-0.25, -0.2) is 0 Å². The number of fused-ring (bicyclic) bond motifs is 1. The fraction of sp³-hybridized carbons (Fsp3) is 0.565. The van der Waals surface area contributed by atoms with Crippen molar-refractivity contribution >= 4 is 36.1 Å². The molecule has 0 unspecified atom stereocenters. The molecule has 1 aliphatic carbocycles. The molecule has 0 aromatic carbocycles. The molecule has 3 rings (SSSR count). The molecule has 0 radical (unpaired) electrons. The maximum atomic E-state index is 12.1. The summed E-state index contributed by atoms with van der Waals surface area (Å²) >= 11 is 5.59. The Morgan fingerprint density at radius 1 is 1.00 bits per heavy atom. The smallest absolute Gasteiger partial charge is 0.303 e. The summed E-state index contributed by atoms with van der Waals surface area (Å²) in [7, 11) is 0. The molecule has 2 aliphatic rings. The highest BCUT2D eigenvalue weighted by Gasteiger charge is 2.53. The van der Waals surface area contributed by atoms with E-state index in [9.17, 15) is 24.4 Å². The van der Waals surface area contributed by atoms with Gasteiger partial charge >= 0.3 is 23.9 Å². The van der Waals surface area contributed by atoms with Crippen molar-refractivity contribution in [1.82, 2.24) is 4.57 Å². The van der Waals surface area contributed by atoms with E-state index in [2.05, 4.69) is 6.07 Å². The predicted molar refractivity (Wildman–Crippen MR) is 119 cm³/mol. The van der Waals surface area contributed by atoms with Gasteiger partial charge in [0.05, 0.1) is 5.56 Å². The van der Waals surface area contributed by atoms with Gasteiger partial charge < -0.3 is 28.3 Å². The van der Waals surface area contributed by atoms with Gasteiger partial charge in [-0.1, -0.05) is 12.2 Å². The lowest BCUT2D eigenvalue weighted by Gasteiger charge is -2.45. The summed E-state index contributed by atoms with van der Waals surface area (Å²) in [5.74, 6) is -2.76. The molecule has 12 heteroatoms. The van der Waals surface area contributed by atoms with E-state index < -0.39 is 54.5 Å². The highest BCUT2D eigenvalue weighted by molar-refractivity contribution is 7.71. The average Bonchev–Trinajstić information content (AvgIpc) is 3.22. The summed E-state index contributed by atoms with van der Waals surface area (Å²) in [6, 6.07) is 3.81. The number of rotatable bonds is 6. The van der Waals surface area contributed by atoms with E-state index in [0.29, 0.717) is 12.8 Å². The van der Waals surface area contributed by atoms with Crippen LogP contribution in [0.25, 0.3) is 0 Å². The molecule has 1 aromatic heterocycles. The molecule has 0 bridgehead atoms. The van der Waals surface area contributed by atoms with Crippen LogP contribution >= 0.6 is 12.2 Å². The van der Waals surface area contributed by atoms with Gasteiger partial charge in [0, 0.05) is 33.4 Å². The molecule has 2 heterocycles. The van der Waals surface area contributed by atoms with Crippen molar-refractivity contribution in [3.63, 3.8) is 0 Å². The minimum absolute atomic E-state index is 0.147. The minimum atomic E-state index is -1.32. The Labute approximate surface area is 206 Å². The fourth-order valence-electron chi connectivity index (χ4n) is 4.43. The van der Waals surface area contributed by atoms with E-state index in [1.165, 1.54) is 13.8 Å². The standard InChI is InChI=1S/C23H26N2O9S/c1-11(26)30-10-18-19(31-12(2)27)20(32-13(3)28)21(33-14(4)29)22(34-18)25-17-7-5-6-15(17)8-16(9-24)23(25)35/h8,18-22H,5-7,10H2,1-4H3/t18-,19-,20-,21-,22+/m0/s1. The van der Waals surface area contributed by atoms with Crippen molar-refractivity contribution in [2.75, 3.05) is 6.61 Å². The maximum absolute atomic E-state index is 12.1. The monoisotopic (exact) mass is 506 g/mol. The minimum Gasteiger partial charge on any atom is -0.463 e. The van der Waals surface area contributed by atoms with E-state index in [0.717, 1.165) is 31.5 Å².